The molecule has 4 rings (SSSR count). The van der Waals surface area contributed by atoms with Gasteiger partial charge >= 0.3 is 5.97 Å². The van der Waals surface area contributed by atoms with E-state index in [2.05, 4.69) is 6.07 Å². The van der Waals surface area contributed by atoms with E-state index in [0.717, 1.165) is 11.3 Å². The van der Waals surface area contributed by atoms with Crippen molar-refractivity contribution in [2.45, 2.75) is 25.7 Å². The van der Waals surface area contributed by atoms with E-state index < -0.39 is 11.4 Å². The number of phenolic OH excluding ortho intramolecular Hbond substituents is 1. The normalized spacial score (nSPS) is 11.4. The fraction of sp³-hybridized carbons (Fsp3) is 0.185. The first kappa shape index (κ1) is 23.3. The summed E-state index contributed by atoms with van der Waals surface area (Å²) in [5.41, 5.74) is 3.17. The third-order valence-corrected chi connectivity index (χ3v) is 6.07. The Bertz CT molecular complexity index is 1430. The molecule has 0 saturated carbocycles. The standard InChI is InChI=1S/C27H22ClFN2O3/c1-27(2,12-13-30)25-23(16-4-6-17(7-5-16)26(33)34-3)24-21(14-18(28)15-22(24)32)31(25)20-10-8-19(29)9-11-20/h4-11,14-15,32H,12H2,1-3H3. The zero-order valence-corrected chi connectivity index (χ0v) is 19.7. The van der Waals surface area contributed by atoms with Crippen LogP contribution in [-0.4, -0.2) is 22.8 Å². The number of ether oxygens (including phenoxy) is 1. The number of aromatic nitrogens is 1. The number of hydrogen-bond donors (Lipinski definition) is 1. The molecule has 1 aromatic heterocycles. The predicted octanol–water partition coefficient (Wildman–Crippen LogP) is 6.77. The summed E-state index contributed by atoms with van der Waals surface area (Å²) < 4.78 is 20.5. The smallest absolute Gasteiger partial charge is 0.337 e. The van der Waals surface area contributed by atoms with Crippen LogP contribution in [0.1, 0.15) is 36.3 Å². The largest absolute Gasteiger partial charge is 0.507 e. The highest BCUT2D eigenvalue weighted by molar-refractivity contribution is 6.31. The van der Waals surface area contributed by atoms with Crippen molar-refractivity contribution in [1.82, 2.24) is 4.57 Å². The summed E-state index contributed by atoms with van der Waals surface area (Å²) in [6, 6.07) is 18.3. The zero-order chi connectivity index (χ0) is 24.6. The van der Waals surface area contributed by atoms with Crippen LogP contribution in [0.2, 0.25) is 5.02 Å². The minimum absolute atomic E-state index is 0.0237. The van der Waals surface area contributed by atoms with Gasteiger partial charge in [-0.05, 0) is 54.1 Å². The molecule has 4 aromatic rings. The van der Waals surface area contributed by atoms with Gasteiger partial charge in [-0.15, -0.1) is 0 Å². The third-order valence-electron chi connectivity index (χ3n) is 5.85. The Morgan fingerprint density at radius 1 is 1.15 bits per heavy atom. The second kappa shape index (κ2) is 8.85. The number of aromatic hydroxyl groups is 1. The number of benzene rings is 3. The van der Waals surface area contributed by atoms with Crippen LogP contribution in [0.25, 0.3) is 27.7 Å². The van der Waals surface area contributed by atoms with Gasteiger partial charge < -0.3 is 14.4 Å². The highest BCUT2D eigenvalue weighted by Gasteiger charge is 2.33. The SMILES string of the molecule is COC(=O)c1ccc(-c2c(C(C)(C)CC#N)n(-c3ccc(F)cc3)c3cc(Cl)cc(O)c23)cc1. The Hall–Kier alpha value is -3.82. The molecule has 1 N–H and O–H groups in total. The van der Waals surface area contributed by atoms with E-state index in [9.17, 15) is 19.6 Å². The molecule has 0 atom stereocenters. The number of esters is 1. The number of methoxy groups -OCH3 is 1. The molecule has 0 fully saturated rings. The lowest BCUT2D eigenvalue weighted by molar-refractivity contribution is 0.0600. The third kappa shape index (κ3) is 4.00. The monoisotopic (exact) mass is 476 g/mol. The summed E-state index contributed by atoms with van der Waals surface area (Å²) in [5, 5.41) is 21.5. The van der Waals surface area contributed by atoms with E-state index in [1.807, 2.05) is 18.4 Å². The molecule has 0 bridgehead atoms. The number of fused-ring (bicyclic) bond motifs is 1. The first-order valence-electron chi connectivity index (χ1n) is 10.6. The molecule has 1 heterocycles. The second-order valence-corrected chi connectivity index (χ2v) is 9.08. The molecule has 0 aliphatic rings. The summed E-state index contributed by atoms with van der Waals surface area (Å²) in [6.45, 7) is 3.88. The average Bonchev–Trinajstić information content (AvgIpc) is 3.15. The van der Waals surface area contributed by atoms with E-state index in [-0.39, 0.29) is 18.0 Å². The number of halogens is 2. The van der Waals surface area contributed by atoms with Crippen molar-refractivity contribution in [1.29, 1.82) is 5.26 Å². The molecular weight excluding hydrogens is 455 g/mol. The predicted molar refractivity (Wildman–Crippen MR) is 130 cm³/mol. The van der Waals surface area contributed by atoms with Crippen LogP contribution in [0.3, 0.4) is 0 Å². The van der Waals surface area contributed by atoms with Crippen LogP contribution >= 0.6 is 11.6 Å². The number of rotatable bonds is 5. The summed E-state index contributed by atoms with van der Waals surface area (Å²) in [7, 11) is 1.32. The number of phenols is 1. The molecule has 7 heteroatoms. The minimum atomic E-state index is -0.669. The maximum atomic E-state index is 13.8. The van der Waals surface area contributed by atoms with Gasteiger partial charge in [0.05, 0.1) is 29.6 Å². The molecule has 0 spiro atoms. The maximum absolute atomic E-state index is 13.8. The molecule has 0 saturated heterocycles. The van der Waals surface area contributed by atoms with Crippen molar-refractivity contribution >= 4 is 28.5 Å². The lowest BCUT2D eigenvalue weighted by Gasteiger charge is -2.26. The van der Waals surface area contributed by atoms with Gasteiger partial charge in [-0.3, -0.25) is 0 Å². The summed E-state index contributed by atoms with van der Waals surface area (Å²) in [5.74, 6) is -0.859. The van der Waals surface area contributed by atoms with Gasteiger partial charge in [-0.1, -0.05) is 37.6 Å². The first-order valence-corrected chi connectivity index (χ1v) is 10.9. The van der Waals surface area contributed by atoms with Crippen molar-refractivity contribution in [2.24, 2.45) is 0 Å². The van der Waals surface area contributed by atoms with E-state index in [0.29, 0.717) is 32.7 Å². The van der Waals surface area contributed by atoms with Crippen LogP contribution in [0.15, 0.2) is 60.7 Å². The molecule has 34 heavy (non-hydrogen) atoms. The Kier molecular flexibility index (Phi) is 6.07. The van der Waals surface area contributed by atoms with Gasteiger partial charge in [0.2, 0.25) is 0 Å². The van der Waals surface area contributed by atoms with E-state index in [1.165, 1.54) is 25.3 Å². The van der Waals surface area contributed by atoms with Gasteiger partial charge in [0.25, 0.3) is 0 Å². The van der Waals surface area contributed by atoms with E-state index in [1.54, 1.807) is 42.5 Å². The van der Waals surface area contributed by atoms with Crippen molar-refractivity contribution in [3.8, 4) is 28.6 Å². The minimum Gasteiger partial charge on any atom is -0.507 e. The van der Waals surface area contributed by atoms with Crippen molar-refractivity contribution in [2.75, 3.05) is 7.11 Å². The second-order valence-electron chi connectivity index (χ2n) is 8.64. The fourth-order valence-electron chi connectivity index (χ4n) is 4.31. The topological polar surface area (TPSA) is 75.2 Å². The summed E-state index contributed by atoms with van der Waals surface area (Å²) in [4.78, 5) is 11.9. The maximum Gasteiger partial charge on any atom is 0.337 e. The van der Waals surface area contributed by atoms with E-state index >= 15 is 0 Å². The number of carbonyl (C=O) groups excluding carboxylic acids is 1. The van der Waals surface area contributed by atoms with Crippen LogP contribution in [0, 0.1) is 17.1 Å². The molecule has 0 unspecified atom stereocenters. The molecule has 0 aliphatic carbocycles. The summed E-state index contributed by atoms with van der Waals surface area (Å²) >= 11 is 6.33. The van der Waals surface area contributed by atoms with Crippen LogP contribution in [0.4, 0.5) is 4.39 Å². The molecule has 0 amide bonds. The number of carbonyl (C=O) groups is 1. The highest BCUT2D eigenvalue weighted by Crippen LogP contribution is 2.47. The van der Waals surface area contributed by atoms with Crippen LogP contribution < -0.4 is 0 Å². The van der Waals surface area contributed by atoms with Crippen LogP contribution in [0.5, 0.6) is 5.75 Å². The Balaban J connectivity index is 2.16. The van der Waals surface area contributed by atoms with Gasteiger partial charge in [0, 0.05) is 33.8 Å². The Labute approximate surface area is 201 Å². The highest BCUT2D eigenvalue weighted by atomic mass is 35.5. The lowest BCUT2D eigenvalue weighted by atomic mass is 9.81. The lowest BCUT2D eigenvalue weighted by Crippen LogP contribution is -2.21. The molecule has 3 aromatic carbocycles. The van der Waals surface area contributed by atoms with Crippen molar-refractivity contribution in [3.05, 3.63) is 82.8 Å². The first-order chi connectivity index (χ1) is 16.2. The molecular formula is C27H22ClFN2O3. The Morgan fingerprint density at radius 3 is 2.38 bits per heavy atom. The molecule has 0 radical (unpaired) electrons. The molecule has 172 valence electrons. The summed E-state index contributed by atoms with van der Waals surface area (Å²) in [6.07, 6.45) is 0.187. The van der Waals surface area contributed by atoms with Gasteiger partial charge in [0.1, 0.15) is 11.6 Å². The van der Waals surface area contributed by atoms with Gasteiger partial charge in [-0.2, -0.15) is 5.26 Å². The zero-order valence-electron chi connectivity index (χ0n) is 18.9. The quantitative estimate of drug-likeness (QED) is 0.322. The van der Waals surface area contributed by atoms with Crippen molar-refractivity contribution < 1.29 is 19.0 Å². The van der Waals surface area contributed by atoms with Crippen molar-refractivity contribution in [3.63, 3.8) is 0 Å². The van der Waals surface area contributed by atoms with Crippen LogP contribution in [-0.2, 0) is 10.2 Å². The molecule has 0 aliphatic heterocycles. The Morgan fingerprint density at radius 2 is 1.79 bits per heavy atom. The molecule has 5 nitrogen and oxygen atoms in total. The van der Waals surface area contributed by atoms with E-state index in [4.69, 9.17) is 16.3 Å². The average molecular weight is 477 g/mol. The van der Waals surface area contributed by atoms with Gasteiger partial charge in [0.15, 0.2) is 0 Å². The number of nitrogens with zero attached hydrogens (tertiary/aromatic N) is 2. The fourth-order valence-corrected chi connectivity index (χ4v) is 4.52. The number of nitriles is 1. The van der Waals surface area contributed by atoms with Gasteiger partial charge in [-0.25, -0.2) is 9.18 Å². The number of hydrogen-bond acceptors (Lipinski definition) is 4.